The lowest BCUT2D eigenvalue weighted by Gasteiger charge is -2.19. The third-order valence-corrected chi connectivity index (χ3v) is 2.51. The standard InChI is InChI=1S/C10H17BrN4O2/c1-5-15-7(8(11)13-14-15)6-12-9(16)17-10(2,3)4/h5-6H2,1-4H3,(H,12,16). The number of ether oxygens (including phenoxy) is 1. The molecule has 17 heavy (non-hydrogen) atoms. The molecule has 1 N–H and O–H groups in total. The van der Waals surface area contributed by atoms with Crippen molar-refractivity contribution in [2.45, 2.75) is 46.4 Å². The van der Waals surface area contributed by atoms with Crippen LogP contribution >= 0.6 is 15.9 Å². The normalized spacial score (nSPS) is 11.4. The van der Waals surface area contributed by atoms with Gasteiger partial charge in [-0.2, -0.15) is 0 Å². The van der Waals surface area contributed by atoms with E-state index in [2.05, 4.69) is 31.6 Å². The zero-order valence-corrected chi connectivity index (χ0v) is 12.0. The summed E-state index contributed by atoms with van der Waals surface area (Å²) in [7, 11) is 0. The maximum Gasteiger partial charge on any atom is 0.407 e. The molecule has 0 radical (unpaired) electrons. The van der Waals surface area contributed by atoms with E-state index in [-0.39, 0.29) is 0 Å². The molecule has 1 aromatic rings. The Morgan fingerprint density at radius 1 is 1.53 bits per heavy atom. The van der Waals surface area contributed by atoms with Crippen LogP contribution in [0.5, 0.6) is 0 Å². The molecule has 0 saturated carbocycles. The third-order valence-electron chi connectivity index (χ3n) is 1.89. The molecule has 0 fully saturated rings. The van der Waals surface area contributed by atoms with E-state index in [0.29, 0.717) is 17.7 Å². The van der Waals surface area contributed by atoms with Crippen molar-refractivity contribution >= 4 is 22.0 Å². The van der Waals surface area contributed by atoms with Gasteiger partial charge < -0.3 is 10.1 Å². The van der Waals surface area contributed by atoms with Gasteiger partial charge in [0.25, 0.3) is 0 Å². The summed E-state index contributed by atoms with van der Waals surface area (Å²) >= 11 is 3.28. The van der Waals surface area contributed by atoms with Crippen molar-refractivity contribution in [1.29, 1.82) is 0 Å². The van der Waals surface area contributed by atoms with Crippen molar-refractivity contribution in [3.63, 3.8) is 0 Å². The van der Waals surface area contributed by atoms with Gasteiger partial charge in [-0.3, -0.25) is 0 Å². The average Bonchev–Trinajstić information content (AvgIpc) is 2.53. The summed E-state index contributed by atoms with van der Waals surface area (Å²) in [5.41, 5.74) is 0.322. The van der Waals surface area contributed by atoms with Crippen molar-refractivity contribution < 1.29 is 9.53 Å². The second kappa shape index (κ2) is 5.48. The molecule has 0 aliphatic rings. The lowest BCUT2D eigenvalue weighted by Crippen LogP contribution is -2.32. The summed E-state index contributed by atoms with van der Waals surface area (Å²) in [4.78, 5) is 11.5. The van der Waals surface area contributed by atoms with Gasteiger partial charge in [0.2, 0.25) is 0 Å². The maximum atomic E-state index is 11.5. The molecule has 0 unspecified atom stereocenters. The van der Waals surface area contributed by atoms with Gasteiger partial charge in [-0.15, -0.1) is 5.10 Å². The van der Waals surface area contributed by atoms with Gasteiger partial charge in [0, 0.05) is 6.54 Å². The quantitative estimate of drug-likeness (QED) is 0.928. The predicted octanol–water partition coefficient (Wildman–Crippen LogP) is 2.09. The van der Waals surface area contributed by atoms with Crippen LogP contribution in [-0.2, 0) is 17.8 Å². The molecule has 0 aromatic carbocycles. The number of hydrogen-bond donors (Lipinski definition) is 1. The van der Waals surface area contributed by atoms with Crippen LogP contribution < -0.4 is 5.32 Å². The number of alkyl carbamates (subject to hydrolysis) is 1. The molecule has 0 aliphatic heterocycles. The third kappa shape index (κ3) is 4.33. The number of hydrogen-bond acceptors (Lipinski definition) is 4. The number of amides is 1. The van der Waals surface area contributed by atoms with Crippen molar-refractivity contribution in [2.75, 3.05) is 0 Å². The van der Waals surface area contributed by atoms with Crippen LogP contribution in [0.2, 0.25) is 0 Å². The number of aryl methyl sites for hydroxylation is 1. The van der Waals surface area contributed by atoms with E-state index in [1.54, 1.807) is 4.68 Å². The maximum absolute atomic E-state index is 11.5. The zero-order valence-electron chi connectivity index (χ0n) is 10.5. The van der Waals surface area contributed by atoms with Crippen LogP contribution in [0.25, 0.3) is 0 Å². The molecule has 0 saturated heterocycles. The lowest BCUT2D eigenvalue weighted by atomic mass is 10.2. The lowest BCUT2D eigenvalue weighted by molar-refractivity contribution is 0.0522. The van der Waals surface area contributed by atoms with E-state index >= 15 is 0 Å². The number of rotatable bonds is 3. The summed E-state index contributed by atoms with van der Waals surface area (Å²) in [6.45, 7) is 8.44. The molecule has 7 heteroatoms. The van der Waals surface area contributed by atoms with Gasteiger partial charge in [0.1, 0.15) is 5.60 Å². The number of aromatic nitrogens is 3. The molecule has 1 amide bonds. The Labute approximate surface area is 109 Å². The minimum atomic E-state index is -0.495. The van der Waals surface area contributed by atoms with E-state index in [1.807, 2.05) is 27.7 Å². The summed E-state index contributed by atoms with van der Waals surface area (Å²) in [5.74, 6) is 0. The topological polar surface area (TPSA) is 69.0 Å². The Morgan fingerprint density at radius 2 is 2.18 bits per heavy atom. The summed E-state index contributed by atoms with van der Waals surface area (Å²) in [6.07, 6.45) is -0.451. The first-order valence-electron chi connectivity index (χ1n) is 5.38. The minimum Gasteiger partial charge on any atom is -0.444 e. The van der Waals surface area contributed by atoms with E-state index < -0.39 is 11.7 Å². The summed E-state index contributed by atoms with van der Waals surface area (Å²) in [5, 5.41) is 10.5. The molecule has 0 bridgehead atoms. The van der Waals surface area contributed by atoms with Gasteiger partial charge in [-0.1, -0.05) is 5.21 Å². The Hall–Kier alpha value is -1.11. The molecule has 0 spiro atoms. The number of nitrogens with zero attached hydrogens (tertiary/aromatic N) is 3. The molecular weight excluding hydrogens is 288 g/mol. The van der Waals surface area contributed by atoms with Gasteiger partial charge in [-0.05, 0) is 43.6 Å². The summed E-state index contributed by atoms with van der Waals surface area (Å²) < 4.78 is 7.48. The van der Waals surface area contributed by atoms with E-state index in [4.69, 9.17) is 4.74 Å². The molecule has 0 aliphatic carbocycles. The molecule has 0 atom stereocenters. The van der Waals surface area contributed by atoms with Crippen LogP contribution in [0, 0.1) is 0 Å². The van der Waals surface area contributed by atoms with Gasteiger partial charge >= 0.3 is 6.09 Å². The van der Waals surface area contributed by atoms with Crippen LogP contribution in [-0.4, -0.2) is 26.7 Å². The fraction of sp³-hybridized carbons (Fsp3) is 0.700. The first-order chi connectivity index (χ1) is 7.83. The average molecular weight is 305 g/mol. The van der Waals surface area contributed by atoms with Crippen LogP contribution in [0.4, 0.5) is 4.79 Å². The van der Waals surface area contributed by atoms with Crippen molar-refractivity contribution in [1.82, 2.24) is 20.3 Å². The monoisotopic (exact) mass is 304 g/mol. The SMILES string of the molecule is CCn1nnc(Br)c1CNC(=O)OC(C)(C)C. The van der Waals surface area contributed by atoms with Crippen LogP contribution in [0.15, 0.2) is 4.60 Å². The van der Waals surface area contributed by atoms with Gasteiger partial charge in [-0.25, -0.2) is 9.48 Å². The fourth-order valence-corrected chi connectivity index (χ4v) is 1.62. The Balaban J connectivity index is 2.56. The first-order valence-corrected chi connectivity index (χ1v) is 6.17. The minimum absolute atomic E-state index is 0.330. The molecule has 96 valence electrons. The smallest absolute Gasteiger partial charge is 0.407 e. The van der Waals surface area contributed by atoms with Crippen molar-refractivity contribution in [3.8, 4) is 0 Å². The highest BCUT2D eigenvalue weighted by molar-refractivity contribution is 9.10. The van der Waals surface area contributed by atoms with E-state index in [9.17, 15) is 4.79 Å². The zero-order chi connectivity index (χ0) is 13.1. The Kier molecular flexibility index (Phi) is 4.50. The number of carbonyl (C=O) groups is 1. The fourth-order valence-electron chi connectivity index (χ4n) is 1.20. The summed E-state index contributed by atoms with van der Waals surface area (Å²) in [6, 6.07) is 0. The van der Waals surface area contributed by atoms with Gasteiger partial charge in [0.05, 0.1) is 12.2 Å². The van der Waals surface area contributed by atoms with E-state index in [1.165, 1.54) is 0 Å². The van der Waals surface area contributed by atoms with Gasteiger partial charge in [0.15, 0.2) is 4.60 Å². The second-order valence-electron chi connectivity index (χ2n) is 4.50. The molecule has 1 aromatic heterocycles. The van der Waals surface area contributed by atoms with Crippen LogP contribution in [0.1, 0.15) is 33.4 Å². The molecular formula is C10H17BrN4O2. The molecule has 6 nitrogen and oxygen atoms in total. The molecule has 1 heterocycles. The Bertz CT molecular complexity index is 398. The largest absolute Gasteiger partial charge is 0.444 e. The predicted molar refractivity (Wildman–Crippen MR) is 66.5 cm³/mol. The number of carbonyl (C=O) groups excluding carboxylic acids is 1. The second-order valence-corrected chi connectivity index (χ2v) is 5.25. The highest BCUT2D eigenvalue weighted by Gasteiger charge is 2.17. The highest BCUT2D eigenvalue weighted by atomic mass is 79.9. The van der Waals surface area contributed by atoms with Crippen LogP contribution in [0.3, 0.4) is 0 Å². The molecule has 1 rings (SSSR count). The van der Waals surface area contributed by atoms with E-state index in [0.717, 1.165) is 5.69 Å². The Morgan fingerprint density at radius 3 is 2.71 bits per heavy atom. The number of nitrogens with one attached hydrogen (secondary N) is 1. The van der Waals surface area contributed by atoms with Crippen molar-refractivity contribution in [3.05, 3.63) is 10.3 Å². The first kappa shape index (κ1) is 14.0. The van der Waals surface area contributed by atoms with Crippen molar-refractivity contribution in [2.24, 2.45) is 0 Å². The highest BCUT2D eigenvalue weighted by Crippen LogP contribution is 2.13. The number of halogens is 1.